The standard InChI is InChI=1S/C17H22FN2/c1-11-4-6-13(7-5-11)16-19-17(20(16)3)14-8-9-15(18)12(2)10-14/h8-11,13H,4-7H2,1-3H3/q+1. The Bertz CT molecular complexity index is 593. The van der Waals surface area contributed by atoms with Crippen LogP contribution in [0.5, 0.6) is 0 Å². The van der Waals surface area contributed by atoms with Crippen molar-refractivity contribution in [2.24, 2.45) is 16.8 Å². The van der Waals surface area contributed by atoms with Gasteiger partial charge in [0, 0.05) is 5.92 Å². The Labute approximate surface area is 120 Å². The summed E-state index contributed by atoms with van der Waals surface area (Å²) < 4.78 is 15.5. The third-order valence-electron chi connectivity index (χ3n) is 4.68. The van der Waals surface area contributed by atoms with Gasteiger partial charge >= 0.3 is 0 Å². The second-order valence-electron chi connectivity index (χ2n) is 6.27. The van der Waals surface area contributed by atoms with Crippen molar-refractivity contribution in [1.82, 2.24) is 0 Å². The first-order valence-corrected chi connectivity index (χ1v) is 7.52. The van der Waals surface area contributed by atoms with Crippen molar-refractivity contribution in [2.75, 3.05) is 7.05 Å². The van der Waals surface area contributed by atoms with Crippen molar-refractivity contribution in [3.8, 4) is 0 Å². The third kappa shape index (κ3) is 2.30. The molecule has 0 unspecified atom stereocenters. The van der Waals surface area contributed by atoms with Crippen LogP contribution in [0.3, 0.4) is 0 Å². The number of amidine groups is 2. The Morgan fingerprint density at radius 3 is 2.50 bits per heavy atom. The Balaban J connectivity index is 1.76. The van der Waals surface area contributed by atoms with Gasteiger partial charge in [0.05, 0.1) is 12.6 Å². The van der Waals surface area contributed by atoms with Gasteiger partial charge in [-0.3, -0.25) is 0 Å². The van der Waals surface area contributed by atoms with Crippen LogP contribution in [0.4, 0.5) is 4.39 Å². The van der Waals surface area contributed by atoms with E-state index >= 15 is 0 Å². The number of rotatable bonds is 2. The van der Waals surface area contributed by atoms with E-state index < -0.39 is 0 Å². The number of aryl methyl sites for hydroxylation is 1. The maximum absolute atomic E-state index is 13.3. The summed E-state index contributed by atoms with van der Waals surface area (Å²) in [5.74, 6) is 3.51. The summed E-state index contributed by atoms with van der Waals surface area (Å²) in [6.45, 7) is 4.13. The van der Waals surface area contributed by atoms with E-state index in [4.69, 9.17) is 4.99 Å². The highest BCUT2D eigenvalue weighted by molar-refractivity contribution is 6.10. The monoisotopic (exact) mass is 273 g/mol. The zero-order chi connectivity index (χ0) is 14.3. The summed E-state index contributed by atoms with van der Waals surface area (Å²) in [4.78, 5) is 4.73. The quantitative estimate of drug-likeness (QED) is 0.729. The molecule has 0 radical (unpaired) electrons. The minimum Gasteiger partial charge on any atom is -0.233 e. The third-order valence-corrected chi connectivity index (χ3v) is 4.68. The fourth-order valence-corrected chi connectivity index (χ4v) is 3.25. The lowest BCUT2D eigenvalue weighted by Crippen LogP contribution is -2.40. The van der Waals surface area contributed by atoms with Crippen molar-refractivity contribution in [1.29, 1.82) is 0 Å². The number of nitrogens with zero attached hydrogens (tertiary/aromatic N) is 2. The predicted octanol–water partition coefficient (Wildman–Crippen LogP) is 3.76. The smallest absolute Gasteiger partial charge is 0.233 e. The Kier molecular flexibility index (Phi) is 3.45. The molecule has 0 aromatic heterocycles. The molecule has 1 aliphatic heterocycles. The second kappa shape index (κ2) is 5.12. The average molecular weight is 273 g/mol. The van der Waals surface area contributed by atoms with Gasteiger partial charge in [0.2, 0.25) is 5.84 Å². The minimum absolute atomic E-state index is 0.151. The number of hydrogen-bond donors (Lipinski definition) is 0. The van der Waals surface area contributed by atoms with Crippen LogP contribution < -0.4 is 0 Å². The number of hydrogen-bond acceptors (Lipinski definition) is 1. The lowest BCUT2D eigenvalue weighted by atomic mass is 9.81. The van der Waals surface area contributed by atoms with Crippen LogP contribution in [0.15, 0.2) is 23.2 Å². The van der Waals surface area contributed by atoms with Crippen molar-refractivity contribution < 1.29 is 8.97 Å². The van der Waals surface area contributed by atoms with Gasteiger partial charge in [0.25, 0.3) is 5.84 Å². The van der Waals surface area contributed by atoms with E-state index in [-0.39, 0.29) is 5.82 Å². The molecule has 0 spiro atoms. The fourth-order valence-electron chi connectivity index (χ4n) is 3.25. The van der Waals surface area contributed by atoms with Gasteiger partial charge in [-0.05, 0) is 62.3 Å². The normalized spacial score (nSPS) is 26.3. The summed E-state index contributed by atoms with van der Waals surface area (Å²) in [5, 5.41) is 0. The zero-order valence-electron chi connectivity index (χ0n) is 12.5. The van der Waals surface area contributed by atoms with Crippen LogP contribution in [0.25, 0.3) is 0 Å². The molecule has 0 atom stereocenters. The highest BCUT2D eigenvalue weighted by atomic mass is 19.1. The molecule has 2 aliphatic rings. The van der Waals surface area contributed by atoms with Crippen molar-refractivity contribution >= 4 is 11.7 Å². The average Bonchev–Trinajstić information content (AvgIpc) is 2.43. The Hall–Kier alpha value is -1.51. The molecule has 20 heavy (non-hydrogen) atoms. The maximum Gasteiger partial charge on any atom is 0.273 e. The molecule has 2 nitrogen and oxygen atoms in total. The molecule has 1 heterocycles. The SMILES string of the molecule is Cc1cc(C2=[N+](C)C(C3CCC(C)CC3)=N2)ccc1F. The first-order chi connectivity index (χ1) is 9.56. The van der Waals surface area contributed by atoms with Gasteiger partial charge in [-0.25, -0.2) is 8.97 Å². The summed E-state index contributed by atoms with van der Waals surface area (Å²) in [6.07, 6.45) is 5.12. The molecule has 3 rings (SSSR count). The number of aliphatic imine (C=N–C) groups is 1. The number of halogens is 1. The molecule has 0 bridgehead atoms. The fraction of sp³-hybridized carbons (Fsp3) is 0.529. The van der Waals surface area contributed by atoms with E-state index in [2.05, 4.69) is 18.5 Å². The van der Waals surface area contributed by atoms with Gasteiger partial charge in [0.1, 0.15) is 5.82 Å². The van der Waals surface area contributed by atoms with Crippen LogP contribution in [0.2, 0.25) is 0 Å². The van der Waals surface area contributed by atoms with Crippen LogP contribution in [-0.2, 0) is 0 Å². The Morgan fingerprint density at radius 1 is 1.20 bits per heavy atom. The zero-order valence-corrected chi connectivity index (χ0v) is 12.5. The van der Waals surface area contributed by atoms with E-state index in [1.54, 1.807) is 6.92 Å². The largest absolute Gasteiger partial charge is 0.273 e. The van der Waals surface area contributed by atoms with E-state index in [1.165, 1.54) is 37.6 Å². The first kappa shape index (κ1) is 13.5. The molecule has 0 amide bonds. The number of benzene rings is 1. The molecular weight excluding hydrogens is 251 g/mol. The summed E-state index contributed by atoms with van der Waals surface area (Å²) in [7, 11) is 2.08. The molecule has 1 aliphatic carbocycles. The van der Waals surface area contributed by atoms with Crippen LogP contribution >= 0.6 is 0 Å². The van der Waals surface area contributed by atoms with E-state index in [1.807, 2.05) is 12.1 Å². The van der Waals surface area contributed by atoms with Crippen LogP contribution in [0, 0.1) is 24.6 Å². The van der Waals surface area contributed by atoms with E-state index in [0.29, 0.717) is 11.5 Å². The highest BCUT2D eigenvalue weighted by Gasteiger charge is 2.35. The molecule has 1 fully saturated rings. The maximum atomic E-state index is 13.3. The summed E-state index contributed by atoms with van der Waals surface area (Å²) in [5.41, 5.74) is 1.69. The topological polar surface area (TPSA) is 15.4 Å². The van der Waals surface area contributed by atoms with E-state index in [0.717, 1.165) is 17.3 Å². The summed E-state index contributed by atoms with van der Waals surface area (Å²) >= 11 is 0. The lowest BCUT2D eigenvalue weighted by Gasteiger charge is -2.28. The van der Waals surface area contributed by atoms with Gasteiger partial charge in [-0.15, -0.1) is 0 Å². The van der Waals surface area contributed by atoms with Crippen LogP contribution in [-0.4, -0.2) is 23.3 Å². The molecule has 1 aromatic rings. The minimum atomic E-state index is -0.151. The molecule has 0 N–H and O–H groups in total. The molecule has 3 heteroatoms. The highest BCUT2D eigenvalue weighted by Crippen LogP contribution is 2.31. The van der Waals surface area contributed by atoms with E-state index in [9.17, 15) is 4.39 Å². The lowest BCUT2D eigenvalue weighted by molar-refractivity contribution is -0.391. The second-order valence-corrected chi connectivity index (χ2v) is 6.27. The van der Waals surface area contributed by atoms with Crippen molar-refractivity contribution in [2.45, 2.75) is 39.5 Å². The van der Waals surface area contributed by atoms with Crippen molar-refractivity contribution in [3.05, 3.63) is 35.1 Å². The van der Waals surface area contributed by atoms with Gasteiger partial charge < -0.3 is 0 Å². The predicted molar refractivity (Wildman–Crippen MR) is 80.0 cm³/mol. The van der Waals surface area contributed by atoms with Crippen LogP contribution in [0.1, 0.15) is 43.7 Å². The molecule has 1 saturated carbocycles. The van der Waals surface area contributed by atoms with Gasteiger partial charge in [0.15, 0.2) is 0 Å². The molecule has 0 saturated heterocycles. The van der Waals surface area contributed by atoms with Gasteiger partial charge in [-0.1, -0.05) is 11.9 Å². The first-order valence-electron chi connectivity index (χ1n) is 7.52. The van der Waals surface area contributed by atoms with Crippen molar-refractivity contribution in [3.63, 3.8) is 0 Å². The molecule has 1 aromatic carbocycles. The molecule has 106 valence electrons. The Morgan fingerprint density at radius 2 is 1.90 bits per heavy atom. The van der Waals surface area contributed by atoms with Gasteiger partial charge in [-0.2, -0.15) is 0 Å². The molecular formula is C17H22FN2+. The summed E-state index contributed by atoms with van der Waals surface area (Å²) in [6, 6.07) is 5.23.